The second-order valence-corrected chi connectivity index (χ2v) is 14.6. The third-order valence-corrected chi connectivity index (χ3v) is 10.8. The number of halogens is 3. The van der Waals surface area contributed by atoms with Crippen molar-refractivity contribution in [2.45, 2.75) is 51.6 Å². The van der Waals surface area contributed by atoms with Crippen molar-refractivity contribution in [3.05, 3.63) is 65.1 Å². The number of aromatic nitrogens is 3. The minimum atomic E-state index is -4.27. The van der Waals surface area contributed by atoms with E-state index in [4.69, 9.17) is 4.74 Å². The largest absolute Gasteiger partial charge is 0.393 e. The van der Waals surface area contributed by atoms with Crippen LogP contribution in [0.2, 0.25) is 0 Å². The first-order valence-corrected chi connectivity index (χ1v) is 16.9. The van der Waals surface area contributed by atoms with E-state index in [-0.39, 0.29) is 29.6 Å². The van der Waals surface area contributed by atoms with Crippen molar-refractivity contribution >= 4 is 37.6 Å². The number of hydrogen-bond donors (Lipinski definition) is 1. The van der Waals surface area contributed by atoms with Crippen LogP contribution in [0.5, 0.6) is 0 Å². The number of alkyl halides is 3. The number of piperidine rings is 1. The van der Waals surface area contributed by atoms with Gasteiger partial charge in [0.15, 0.2) is 5.94 Å². The third-order valence-electron chi connectivity index (χ3n) is 9.70. The molecule has 242 valence electrons. The predicted molar refractivity (Wildman–Crippen MR) is 167 cm³/mol. The fraction of sp³-hybridized carbons (Fsp3) is 0.469. The van der Waals surface area contributed by atoms with E-state index in [0.29, 0.717) is 29.0 Å². The molecule has 46 heavy (non-hydrogen) atoms. The molecular formula is C32H34F3N7O3S. The summed E-state index contributed by atoms with van der Waals surface area (Å²) in [5.41, 5.74) is 4.76. The quantitative estimate of drug-likeness (QED) is 0.329. The van der Waals surface area contributed by atoms with E-state index in [2.05, 4.69) is 43.5 Å². The summed E-state index contributed by atoms with van der Waals surface area (Å²) in [6.45, 7) is 6.91. The van der Waals surface area contributed by atoms with Crippen LogP contribution >= 0.6 is 0 Å². The molecule has 2 aromatic heterocycles. The summed E-state index contributed by atoms with van der Waals surface area (Å²) in [5, 5.41) is 11.5. The van der Waals surface area contributed by atoms with Crippen LogP contribution in [0.25, 0.3) is 21.8 Å². The lowest BCUT2D eigenvalue weighted by Gasteiger charge is -2.54. The van der Waals surface area contributed by atoms with Crippen LogP contribution in [0.3, 0.4) is 0 Å². The molecule has 0 saturated carbocycles. The van der Waals surface area contributed by atoms with Gasteiger partial charge in [0, 0.05) is 47.9 Å². The number of hydrogen-bond acceptors (Lipinski definition) is 8. The van der Waals surface area contributed by atoms with Crippen molar-refractivity contribution < 1.29 is 26.3 Å². The summed E-state index contributed by atoms with van der Waals surface area (Å²) in [6, 6.07) is 13.0. The third kappa shape index (κ3) is 6.04. The van der Waals surface area contributed by atoms with Crippen LogP contribution in [-0.2, 0) is 34.3 Å². The highest BCUT2D eigenvalue weighted by Gasteiger charge is 2.45. The molecule has 0 aliphatic carbocycles. The van der Waals surface area contributed by atoms with Gasteiger partial charge in [0.1, 0.15) is 23.9 Å². The molecule has 0 radical (unpaired) electrons. The smallest absolute Gasteiger partial charge is 0.358 e. The summed E-state index contributed by atoms with van der Waals surface area (Å²) >= 11 is 0. The fourth-order valence-electron chi connectivity index (χ4n) is 7.15. The maximum atomic E-state index is 13.0. The SMILES string of the molecule is Cc1c(CN2CCC3(CC2)CN(c2ncnc4ccc(CC(F)(F)F)cc24)C3)ccc2c1cc(C#N)n2CC1CNS(=O)(=O)CO1. The molecular weight excluding hydrogens is 619 g/mol. The molecule has 14 heteroatoms. The zero-order valence-corrected chi connectivity index (χ0v) is 26.2. The molecule has 10 nitrogen and oxygen atoms in total. The maximum absolute atomic E-state index is 13.0. The Kier molecular flexibility index (Phi) is 7.70. The summed E-state index contributed by atoms with van der Waals surface area (Å²) < 4.78 is 72.4. The van der Waals surface area contributed by atoms with Gasteiger partial charge in [0.25, 0.3) is 0 Å². The van der Waals surface area contributed by atoms with Crippen LogP contribution in [0.15, 0.2) is 42.7 Å². The van der Waals surface area contributed by atoms with E-state index in [1.165, 1.54) is 18.0 Å². The maximum Gasteiger partial charge on any atom is 0.393 e. The molecule has 5 heterocycles. The number of aryl methyl sites for hydroxylation is 1. The van der Waals surface area contributed by atoms with Gasteiger partial charge in [-0.2, -0.15) is 18.4 Å². The van der Waals surface area contributed by atoms with Crippen LogP contribution in [0.4, 0.5) is 19.0 Å². The van der Waals surface area contributed by atoms with Gasteiger partial charge in [-0.25, -0.2) is 23.1 Å². The monoisotopic (exact) mass is 653 g/mol. The zero-order valence-electron chi connectivity index (χ0n) is 25.3. The highest BCUT2D eigenvalue weighted by molar-refractivity contribution is 7.89. The van der Waals surface area contributed by atoms with Gasteiger partial charge in [-0.15, -0.1) is 0 Å². The summed E-state index contributed by atoms with van der Waals surface area (Å²) in [4.78, 5) is 13.4. The van der Waals surface area contributed by atoms with Gasteiger partial charge in [-0.1, -0.05) is 12.1 Å². The Balaban J connectivity index is 1.00. The van der Waals surface area contributed by atoms with Crippen LogP contribution in [-0.4, -0.2) is 78.8 Å². The summed E-state index contributed by atoms with van der Waals surface area (Å²) in [6.07, 6.45) is -2.09. The number of sulfonamides is 1. The van der Waals surface area contributed by atoms with Crippen LogP contribution in [0.1, 0.15) is 35.2 Å². The van der Waals surface area contributed by atoms with E-state index in [1.807, 2.05) is 16.7 Å². The highest BCUT2D eigenvalue weighted by atomic mass is 32.2. The number of benzene rings is 2. The highest BCUT2D eigenvalue weighted by Crippen LogP contribution is 2.44. The van der Waals surface area contributed by atoms with E-state index in [9.17, 15) is 26.9 Å². The fourth-order valence-corrected chi connectivity index (χ4v) is 8.04. The number of nitrogens with one attached hydrogen (secondary N) is 1. The Morgan fingerprint density at radius 1 is 1.11 bits per heavy atom. The average molecular weight is 654 g/mol. The van der Waals surface area contributed by atoms with Gasteiger partial charge in [-0.3, -0.25) is 4.90 Å². The first-order chi connectivity index (χ1) is 21.9. The van der Waals surface area contributed by atoms with Crippen LogP contribution < -0.4 is 9.62 Å². The molecule has 1 N–H and O–H groups in total. The van der Waals surface area contributed by atoms with E-state index >= 15 is 0 Å². The lowest BCUT2D eigenvalue weighted by molar-refractivity contribution is -0.127. The number of nitrogens with zero attached hydrogens (tertiary/aromatic N) is 6. The molecule has 1 unspecified atom stereocenters. The molecule has 1 spiro atoms. The standard InChI is InChI=1S/C32H34F3N7O3S/c1-21-23(3-5-29-26(21)11-24(13-36)42(29)16-25-14-39-46(43,44)20-45-25)15-40-8-6-31(7-9-40)17-41(18-31)30-27-10-22(12-32(33,34)35)2-4-28(27)37-19-38-30/h2-5,10-11,19,25,39H,6-9,12,14-18,20H2,1H3. The van der Waals surface area contributed by atoms with Crippen LogP contribution in [0, 0.1) is 23.7 Å². The van der Waals surface area contributed by atoms with Gasteiger partial charge >= 0.3 is 6.18 Å². The minimum absolute atomic E-state index is 0.157. The number of ether oxygens (including phenoxy) is 1. The number of rotatable bonds is 6. The Bertz CT molecular complexity index is 1940. The first kappa shape index (κ1) is 30.9. The van der Waals surface area contributed by atoms with Crippen molar-refractivity contribution in [2.75, 3.05) is 43.6 Å². The number of likely N-dealkylation sites (tertiary alicyclic amines) is 1. The molecule has 3 aliphatic rings. The van der Waals surface area contributed by atoms with Crippen molar-refractivity contribution in [1.82, 2.24) is 24.2 Å². The van der Waals surface area contributed by atoms with E-state index in [1.54, 1.807) is 12.1 Å². The number of nitriles is 1. The van der Waals surface area contributed by atoms with E-state index < -0.39 is 22.6 Å². The molecule has 4 aromatic rings. The zero-order chi connectivity index (χ0) is 32.3. The average Bonchev–Trinajstić information content (AvgIpc) is 3.36. The normalized spacial score (nSPS) is 21.5. The van der Waals surface area contributed by atoms with Gasteiger partial charge < -0.3 is 14.2 Å². The molecule has 0 amide bonds. The predicted octanol–water partition coefficient (Wildman–Crippen LogP) is 4.25. The lowest BCUT2D eigenvalue weighted by Crippen LogP contribution is -2.60. The van der Waals surface area contributed by atoms with Gasteiger partial charge in [-0.05, 0) is 73.8 Å². The first-order valence-electron chi connectivity index (χ1n) is 15.3. The van der Waals surface area contributed by atoms with E-state index in [0.717, 1.165) is 62.0 Å². The molecule has 0 bridgehead atoms. The Hall–Kier alpha value is -3.77. The minimum Gasteiger partial charge on any atom is -0.358 e. The molecule has 3 saturated heterocycles. The van der Waals surface area contributed by atoms with Gasteiger partial charge in [0.2, 0.25) is 10.0 Å². The summed E-state index contributed by atoms with van der Waals surface area (Å²) in [7, 11) is -3.40. The Labute approximate surface area is 264 Å². The number of anilines is 1. The second-order valence-electron chi connectivity index (χ2n) is 12.9. The Morgan fingerprint density at radius 2 is 1.89 bits per heavy atom. The van der Waals surface area contributed by atoms with Crippen molar-refractivity contribution in [1.29, 1.82) is 5.26 Å². The number of fused-ring (bicyclic) bond motifs is 2. The molecule has 1 atom stereocenters. The molecule has 3 fully saturated rings. The molecule has 7 rings (SSSR count). The molecule has 2 aromatic carbocycles. The van der Waals surface area contributed by atoms with Crippen molar-refractivity contribution in [2.24, 2.45) is 5.41 Å². The van der Waals surface area contributed by atoms with Crippen molar-refractivity contribution in [3.63, 3.8) is 0 Å². The summed E-state index contributed by atoms with van der Waals surface area (Å²) in [5.74, 6) is 0.312. The second kappa shape index (κ2) is 11.5. The van der Waals surface area contributed by atoms with Crippen molar-refractivity contribution in [3.8, 4) is 6.07 Å². The lowest BCUT2D eigenvalue weighted by atomic mass is 9.72. The topological polar surface area (TPSA) is 116 Å². The molecule has 3 aliphatic heterocycles. The van der Waals surface area contributed by atoms with Gasteiger partial charge in [0.05, 0.1) is 24.6 Å². The Morgan fingerprint density at radius 3 is 2.59 bits per heavy atom.